The Hall–Kier alpha value is -1.67. The largest absolute Gasteiger partial charge is 0.396 e. The number of aliphatic hydroxyl groups excluding tert-OH is 1. The smallest absolute Gasteiger partial charge is 0.127 e. The third kappa shape index (κ3) is 2.71. The first kappa shape index (κ1) is 11.8. The number of aliphatic hydroxyl groups is 1. The molecule has 2 rings (SSSR count). The van der Waals surface area contributed by atoms with Gasteiger partial charge in [0.15, 0.2) is 0 Å². The van der Waals surface area contributed by atoms with Crippen LogP contribution in [0, 0.1) is 5.82 Å². The van der Waals surface area contributed by atoms with E-state index in [9.17, 15) is 4.39 Å². The first-order valence-electron chi connectivity index (χ1n) is 5.73. The molecule has 17 heavy (non-hydrogen) atoms. The molecule has 1 nitrogen and oxygen atoms in total. The van der Waals surface area contributed by atoms with Crippen LogP contribution in [0.25, 0.3) is 0 Å². The van der Waals surface area contributed by atoms with Gasteiger partial charge in [-0.25, -0.2) is 4.39 Å². The maximum atomic E-state index is 13.8. The normalized spacial score (nSPS) is 12.4. The van der Waals surface area contributed by atoms with Crippen LogP contribution in [0.3, 0.4) is 0 Å². The molecule has 0 amide bonds. The molecule has 1 N–H and O–H groups in total. The summed E-state index contributed by atoms with van der Waals surface area (Å²) in [5, 5.41) is 9.13. The molecule has 0 aliphatic carbocycles. The molecule has 0 spiro atoms. The van der Waals surface area contributed by atoms with E-state index in [-0.39, 0.29) is 18.3 Å². The van der Waals surface area contributed by atoms with Crippen LogP contribution in [0.4, 0.5) is 4.39 Å². The summed E-state index contributed by atoms with van der Waals surface area (Å²) in [6.07, 6.45) is 0.533. The van der Waals surface area contributed by atoms with Gasteiger partial charge in [0.25, 0.3) is 0 Å². The van der Waals surface area contributed by atoms with E-state index in [1.807, 2.05) is 36.4 Å². The summed E-state index contributed by atoms with van der Waals surface area (Å²) >= 11 is 0. The van der Waals surface area contributed by atoms with Crippen molar-refractivity contribution < 1.29 is 9.50 Å². The van der Waals surface area contributed by atoms with Crippen LogP contribution in [-0.4, -0.2) is 11.7 Å². The first-order valence-corrected chi connectivity index (χ1v) is 5.73. The van der Waals surface area contributed by atoms with Gasteiger partial charge >= 0.3 is 0 Å². The van der Waals surface area contributed by atoms with Gasteiger partial charge in [-0.3, -0.25) is 0 Å². The van der Waals surface area contributed by atoms with Gasteiger partial charge in [-0.05, 0) is 23.6 Å². The summed E-state index contributed by atoms with van der Waals surface area (Å²) in [5.74, 6) is -0.294. The number of rotatable bonds is 4. The Morgan fingerprint density at radius 1 is 0.941 bits per heavy atom. The Morgan fingerprint density at radius 3 is 2.24 bits per heavy atom. The molecule has 0 heterocycles. The van der Waals surface area contributed by atoms with Gasteiger partial charge in [-0.15, -0.1) is 0 Å². The van der Waals surface area contributed by atoms with E-state index in [0.717, 1.165) is 5.56 Å². The van der Waals surface area contributed by atoms with E-state index in [1.165, 1.54) is 6.07 Å². The second-order valence-electron chi connectivity index (χ2n) is 4.00. The Kier molecular flexibility index (Phi) is 3.89. The molecular formula is C15H15FO. The summed E-state index contributed by atoms with van der Waals surface area (Å²) < 4.78 is 13.8. The van der Waals surface area contributed by atoms with Crippen molar-refractivity contribution in [2.24, 2.45) is 0 Å². The van der Waals surface area contributed by atoms with E-state index >= 15 is 0 Å². The molecular weight excluding hydrogens is 215 g/mol. The van der Waals surface area contributed by atoms with Gasteiger partial charge in [0.2, 0.25) is 0 Å². The lowest BCUT2D eigenvalue weighted by Crippen LogP contribution is -2.05. The summed E-state index contributed by atoms with van der Waals surface area (Å²) in [5.41, 5.74) is 1.68. The summed E-state index contributed by atoms with van der Waals surface area (Å²) in [4.78, 5) is 0. The minimum absolute atomic E-state index is 0.0495. The average Bonchev–Trinajstić information content (AvgIpc) is 2.38. The number of halogens is 1. The SMILES string of the molecule is OCC[C@@H](c1ccccc1)c1ccccc1F. The van der Waals surface area contributed by atoms with Crippen LogP contribution in [0.5, 0.6) is 0 Å². The molecule has 0 saturated heterocycles. The van der Waals surface area contributed by atoms with Crippen LogP contribution in [0.1, 0.15) is 23.5 Å². The molecule has 0 fully saturated rings. The standard InChI is InChI=1S/C15H15FO/c16-15-9-5-4-8-14(15)13(10-11-17)12-6-2-1-3-7-12/h1-9,13,17H,10-11H2/t13-/m0/s1. The van der Waals surface area contributed by atoms with Crippen LogP contribution < -0.4 is 0 Å². The minimum atomic E-state index is -0.213. The number of hydrogen-bond donors (Lipinski definition) is 1. The molecule has 0 bridgehead atoms. The summed E-state index contributed by atoms with van der Waals surface area (Å²) in [7, 11) is 0. The maximum absolute atomic E-state index is 13.8. The zero-order valence-electron chi connectivity index (χ0n) is 9.51. The average molecular weight is 230 g/mol. The molecule has 0 aliphatic rings. The highest BCUT2D eigenvalue weighted by molar-refractivity contribution is 5.33. The third-order valence-corrected chi connectivity index (χ3v) is 2.90. The van der Waals surface area contributed by atoms with Gasteiger partial charge < -0.3 is 5.11 Å². The predicted molar refractivity (Wildman–Crippen MR) is 66.4 cm³/mol. The first-order chi connectivity index (χ1) is 8.33. The predicted octanol–water partition coefficient (Wildman–Crippen LogP) is 3.34. The molecule has 0 saturated carbocycles. The molecule has 0 aliphatic heterocycles. The fraction of sp³-hybridized carbons (Fsp3) is 0.200. The number of hydrogen-bond acceptors (Lipinski definition) is 1. The lowest BCUT2D eigenvalue weighted by molar-refractivity contribution is 0.280. The van der Waals surface area contributed by atoms with Crippen LogP contribution in [0.2, 0.25) is 0 Å². The fourth-order valence-electron chi connectivity index (χ4n) is 2.07. The Morgan fingerprint density at radius 2 is 1.59 bits per heavy atom. The zero-order chi connectivity index (χ0) is 12.1. The molecule has 2 heteroatoms. The quantitative estimate of drug-likeness (QED) is 0.854. The minimum Gasteiger partial charge on any atom is -0.396 e. The number of benzene rings is 2. The third-order valence-electron chi connectivity index (χ3n) is 2.90. The highest BCUT2D eigenvalue weighted by atomic mass is 19.1. The van der Waals surface area contributed by atoms with Gasteiger partial charge in [-0.2, -0.15) is 0 Å². The topological polar surface area (TPSA) is 20.2 Å². The summed E-state index contributed by atoms with van der Waals surface area (Å²) in [6.45, 7) is 0.0495. The van der Waals surface area contributed by atoms with Crippen molar-refractivity contribution in [3.05, 3.63) is 71.5 Å². The van der Waals surface area contributed by atoms with E-state index in [2.05, 4.69) is 0 Å². The lowest BCUT2D eigenvalue weighted by Gasteiger charge is -2.17. The zero-order valence-corrected chi connectivity index (χ0v) is 9.51. The molecule has 2 aromatic rings. The van der Waals surface area contributed by atoms with Crippen LogP contribution in [-0.2, 0) is 0 Å². The molecule has 0 unspecified atom stereocenters. The highest BCUT2D eigenvalue weighted by Gasteiger charge is 2.16. The van der Waals surface area contributed by atoms with Crippen molar-refractivity contribution in [1.29, 1.82) is 0 Å². The van der Waals surface area contributed by atoms with Crippen LogP contribution in [0.15, 0.2) is 54.6 Å². The van der Waals surface area contributed by atoms with E-state index in [0.29, 0.717) is 12.0 Å². The van der Waals surface area contributed by atoms with Crippen LogP contribution >= 0.6 is 0 Å². The summed E-state index contributed by atoms with van der Waals surface area (Å²) in [6, 6.07) is 16.5. The Bertz CT molecular complexity index is 467. The fourth-order valence-corrected chi connectivity index (χ4v) is 2.07. The van der Waals surface area contributed by atoms with Crippen molar-refractivity contribution in [3.63, 3.8) is 0 Å². The van der Waals surface area contributed by atoms with Crippen molar-refractivity contribution in [2.45, 2.75) is 12.3 Å². The van der Waals surface area contributed by atoms with Gasteiger partial charge in [0.1, 0.15) is 5.82 Å². The van der Waals surface area contributed by atoms with Gasteiger partial charge in [0, 0.05) is 12.5 Å². The van der Waals surface area contributed by atoms with Crippen molar-refractivity contribution in [1.82, 2.24) is 0 Å². The second-order valence-corrected chi connectivity index (χ2v) is 4.00. The van der Waals surface area contributed by atoms with E-state index in [4.69, 9.17) is 5.11 Å². The van der Waals surface area contributed by atoms with Crippen molar-refractivity contribution in [3.8, 4) is 0 Å². The molecule has 0 aromatic heterocycles. The molecule has 1 atom stereocenters. The van der Waals surface area contributed by atoms with E-state index < -0.39 is 0 Å². The molecule has 88 valence electrons. The second kappa shape index (κ2) is 5.60. The molecule has 2 aromatic carbocycles. The van der Waals surface area contributed by atoms with Gasteiger partial charge in [-0.1, -0.05) is 48.5 Å². The Balaban J connectivity index is 2.39. The lowest BCUT2D eigenvalue weighted by atomic mass is 9.88. The van der Waals surface area contributed by atoms with Crippen molar-refractivity contribution >= 4 is 0 Å². The van der Waals surface area contributed by atoms with Crippen molar-refractivity contribution in [2.75, 3.05) is 6.61 Å². The van der Waals surface area contributed by atoms with Gasteiger partial charge in [0.05, 0.1) is 0 Å². The van der Waals surface area contributed by atoms with E-state index in [1.54, 1.807) is 12.1 Å². The highest BCUT2D eigenvalue weighted by Crippen LogP contribution is 2.29. The monoisotopic (exact) mass is 230 g/mol. The molecule has 0 radical (unpaired) electrons. The maximum Gasteiger partial charge on any atom is 0.127 e. The Labute approximate surface area is 101 Å².